The van der Waals surface area contributed by atoms with E-state index < -0.39 is 23.9 Å². The minimum Gasteiger partial charge on any atom is -0.465 e. The zero-order valence-corrected chi connectivity index (χ0v) is 26.8. The van der Waals surface area contributed by atoms with E-state index in [0.29, 0.717) is 6.61 Å². The van der Waals surface area contributed by atoms with Gasteiger partial charge in [-0.2, -0.15) is 0 Å². The molecule has 0 spiro atoms. The number of carbonyl (C=O) groups excluding carboxylic acids is 3. The van der Waals surface area contributed by atoms with Crippen LogP contribution in [0, 0.1) is 0 Å². The minimum atomic E-state index is -0.863. The molecule has 0 aliphatic heterocycles. The van der Waals surface area contributed by atoms with Gasteiger partial charge in [0.25, 0.3) is 0 Å². The topological polar surface area (TPSA) is 105 Å². The van der Waals surface area contributed by atoms with Crippen LogP contribution in [-0.2, 0) is 28.6 Å². The maximum Gasteiger partial charge on any atom is 0.322 e. The first-order chi connectivity index (χ1) is 19.4. The van der Waals surface area contributed by atoms with Gasteiger partial charge in [-0.3, -0.25) is 14.4 Å². The van der Waals surface area contributed by atoms with E-state index in [1.807, 2.05) is 13.8 Å². The third-order valence-corrected chi connectivity index (χ3v) is 6.82. The third-order valence-electron chi connectivity index (χ3n) is 6.82. The Kier molecular flexibility index (Phi) is 34.3. The second-order valence-corrected chi connectivity index (χ2v) is 10.7. The van der Waals surface area contributed by atoms with Gasteiger partial charge in [-0.05, 0) is 33.1 Å². The molecule has 0 rings (SSSR count). The zero-order chi connectivity index (χ0) is 30.1. The van der Waals surface area contributed by atoms with Crippen LogP contribution in [0.2, 0.25) is 0 Å². The first-order valence-electron chi connectivity index (χ1n) is 16.7. The van der Waals surface area contributed by atoms with Gasteiger partial charge in [-0.25, -0.2) is 0 Å². The van der Waals surface area contributed by atoms with Gasteiger partial charge in [0.05, 0.1) is 6.61 Å². The van der Waals surface area contributed by atoms with Gasteiger partial charge >= 0.3 is 17.9 Å². The van der Waals surface area contributed by atoms with Crippen LogP contribution in [0.3, 0.4) is 0 Å². The number of unbranched alkanes of at least 4 members (excludes halogenated alkanes) is 17. The van der Waals surface area contributed by atoms with E-state index in [-0.39, 0.29) is 19.3 Å². The molecule has 0 aromatic rings. The summed E-state index contributed by atoms with van der Waals surface area (Å²) in [4.78, 5) is 35.6. The summed E-state index contributed by atoms with van der Waals surface area (Å²) in [6.45, 7) is 10.5. The van der Waals surface area contributed by atoms with Crippen molar-refractivity contribution in [1.82, 2.24) is 0 Å². The van der Waals surface area contributed by atoms with Crippen LogP contribution in [0.5, 0.6) is 0 Å². The highest BCUT2D eigenvalue weighted by Gasteiger charge is 2.18. The average molecular weight is 572 g/mol. The average Bonchev–Trinajstić information content (AvgIpc) is 2.94. The molecule has 0 bridgehead atoms. The van der Waals surface area contributed by atoms with Gasteiger partial charge in [0, 0.05) is 26.1 Å². The van der Waals surface area contributed by atoms with Gasteiger partial charge in [0.2, 0.25) is 0 Å². The summed E-state index contributed by atoms with van der Waals surface area (Å²) >= 11 is 0. The molecule has 0 amide bonds. The first kappa shape index (κ1) is 40.7. The summed E-state index contributed by atoms with van der Waals surface area (Å²) < 4.78 is 14.9. The van der Waals surface area contributed by atoms with Gasteiger partial charge in [-0.1, -0.05) is 123 Å². The number of hydrogen-bond acceptors (Lipinski definition) is 7. The van der Waals surface area contributed by atoms with Gasteiger partial charge in [-0.15, -0.1) is 0 Å². The molecule has 1 atom stereocenters. The Bertz CT molecular complexity index is 567. The van der Waals surface area contributed by atoms with Crippen LogP contribution < -0.4 is 5.73 Å². The van der Waals surface area contributed by atoms with E-state index in [9.17, 15) is 14.4 Å². The molecule has 0 saturated carbocycles. The predicted octanol–water partition coefficient (Wildman–Crippen LogP) is 8.59. The van der Waals surface area contributed by atoms with E-state index in [1.165, 1.54) is 83.5 Å². The molecular weight excluding hydrogens is 506 g/mol. The second-order valence-electron chi connectivity index (χ2n) is 10.7. The Morgan fingerprint density at radius 3 is 1.38 bits per heavy atom. The van der Waals surface area contributed by atoms with Crippen LogP contribution in [0.4, 0.5) is 0 Å². The fourth-order valence-corrected chi connectivity index (χ4v) is 4.27. The summed E-state index contributed by atoms with van der Waals surface area (Å²) in [6, 6.07) is -0.863. The fraction of sp³-hybridized carbons (Fsp3) is 0.909. The lowest BCUT2D eigenvalue weighted by Crippen LogP contribution is -2.33. The van der Waals surface area contributed by atoms with Crippen molar-refractivity contribution in [3.63, 3.8) is 0 Å². The summed E-state index contributed by atoms with van der Waals surface area (Å²) in [5, 5.41) is 0. The number of esters is 3. The van der Waals surface area contributed by atoms with Crippen LogP contribution in [0.25, 0.3) is 0 Å². The molecule has 1 unspecified atom stereocenters. The molecule has 0 aliphatic rings. The number of carbonyl (C=O) groups is 3. The Balaban J connectivity index is 0. The standard InChI is InChI=1S/C29H55NO5.C4H10O/c1-3-5-7-9-11-13-15-17-19-21-25-34-29(33)26(30)23-24-28(32)35-27(31)22-20-18-16-14-12-10-8-6-4-2;1-3-5-4-2/h26H,3-25,30H2,1-2H3;3-4H2,1-2H3. The molecule has 0 fully saturated rings. The van der Waals surface area contributed by atoms with Crippen LogP contribution in [0.15, 0.2) is 0 Å². The van der Waals surface area contributed by atoms with Crippen molar-refractivity contribution in [2.45, 2.75) is 175 Å². The maximum atomic E-state index is 12.0. The van der Waals surface area contributed by atoms with E-state index >= 15 is 0 Å². The van der Waals surface area contributed by atoms with E-state index in [4.69, 9.17) is 19.9 Å². The van der Waals surface area contributed by atoms with Gasteiger partial charge in [0.1, 0.15) is 6.04 Å². The summed E-state index contributed by atoms with van der Waals surface area (Å²) in [5.41, 5.74) is 5.82. The summed E-state index contributed by atoms with van der Waals surface area (Å²) in [6.07, 6.45) is 23.0. The van der Waals surface area contributed by atoms with Crippen molar-refractivity contribution in [2.24, 2.45) is 5.73 Å². The van der Waals surface area contributed by atoms with Crippen molar-refractivity contribution in [3.8, 4) is 0 Å². The zero-order valence-electron chi connectivity index (χ0n) is 26.8. The molecule has 7 heteroatoms. The Morgan fingerprint density at radius 2 is 0.950 bits per heavy atom. The Morgan fingerprint density at radius 1 is 0.550 bits per heavy atom. The Hall–Kier alpha value is -1.47. The van der Waals surface area contributed by atoms with E-state index in [2.05, 4.69) is 13.8 Å². The molecule has 0 radical (unpaired) electrons. The largest absolute Gasteiger partial charge is 0.465 e. The lowest BCUT2D eigenvalue weighted by molar-refractivity contribution is -0.159. The first-order valence-corrected chi connectivity index (χ1v) is 16.7. The van der Waals surface area contributed by atoms with Gasteiger partial charge < -0.3 is 19.9 Å². The second kappa shape index (κ2) is 33.7. The van der Waals surface area contributed by atoms with Crippen LogP contribution >= 0.6 is 0 Å². The monoisotopic (exact) mass is 571 g/mol. The van der Waals surface area contributed by atoms with E-state index in [0.717, 1.165) is 51.7 Å². The van der Waals surface area contributed by atoms with Crippen molar-refractivity contribution in [3.05, 3.63) is 0 Å². The van der Waals surface area contributed by atoms with Crippen LogP contribution in [0.1, 0.15) is 169 Å². The highest BCUT2D eigenvalue weighted by molar-refractivity contribution is 5.85. The molecule has 0 saturated heterocycles. The lowest BCUT2D eigenvalue weighted by Gasteiger charge is -2.11. The molecule has 0 aliphatic carbocycles. The van der Waals surface area contributed by atoms with Crippen molar-refractivity contribution < 1.29 is 28.6 Å². The fourth-order valence-electron chi connectivity index (χ4n) is 4.27. The van der Waals surface area contributed by atoms with Crippen LogP contribution in [-0.4, -0.2) is 43.8 Å². The molecule has 7 nitrogen and oxygen atoms in total. The normalized spacial score (nSPS) is 11.4. The molecule has 0 aromatic heterocycles. The number of hydrogen-bond donors (Lipinski definition) is 1. The predicted molar refractivity (Wildman–Crippen MR) is 165 cm³/mol. The quantitative estimate of drug-likeness (QED) is 0.0598. The summed E-state index contributed by atoms with van der Waals surface area (Å²) in [7, 11) is 0. The third kappa shape index (κ3) is 32.7. The highest BCUT2D eigenvalue weighted by Crippen LogP contribution is 2.12. The Labute approximate surface area is 247 Å². The molecule has 238 valence electrons. The highest BCUT2D eigenvalue weighted by atomic mass is 16.6. The SMILES string of the molecule is CCCCCCCCCCCCOC(=O)C(N)CCC(=O)OC(=O)CCCCCCCCCCC.CCOCC. The lowest BCUT2D eigenvalue weighted by atomic mass is 10.1. The molecular formula is C33H65NO6. The van der Waals surface area contributed by atoms with Crippen molar-refractivity contribution in [2.75, 3.05) is 19.8 Å². The molecule has 2 N–H and O–H groups in total. The van der Waals surface area contributed by atoms with Crippen molar-refractivity contribution >= 4 is 17.9 Å². The summed E-state index contributed by atoms with van der Waals surface area (Å²) in [5.74, 6) is -1.60. The van der Waals surface area contributed by atoms with Gasteiger partial charge in [0.15, 0.2) is 0 Å². The van der Waals surface area contributed by atoms with Crippen molar-refractivity contribution in [1.29, 1.82) is 0 Å². The molecule has 0 aromatic carbocycles. The smallest absolute Gasteiger partial charge is 0.322 e. The maximum absolute atomic E-state index is 12.0. The number of ether oxygens (including phenoxy) is 3. The number of rotatable bonds is 27. The minimum absolute atomic E-state index is 0.0575. The molecule has 40 heavy (non-hydrogen) atoms. The van der Waals surface area contributed by atoms with E-state index in [1.54, 1.807) is 0 Å². The molecule has 0 heterocycles. The number of nitrogens with two attached hydrogens (primary N) is 1.